The number of rotatable bonds is 2. The van der Waals surface area contributed by atoms with Gasteiger partial charge in [0.25, 0.3) is 5.91 Å². The third kappa shape index (κ3) is 2.28. The standard InChI is InChI=1S/C16H13ClN2O/c1-19-10-14(13-9-11(17)7-8-15(13)19)16(20)18-12-5-3-2-4-6-12/h2-10H,1H3,(H,18,20). The number of nitrogens with zero attached hydrogens (tertiary/aromatic N) is 1. The van der Waals surface area contributed by atoms with Crippen LogP contribution in [0.3, 0.4) is 0 Å². The van der Waals surface area contributed by atoms with Crippen molar-refractivity contribution >= 4 is 34.1 Å². The van der Waals surface area contributed by atoms with E-state index in [2.05, 4.69) is 5.32 Å². The number of halogens is 1. The summed E-state index contributed by atoms with van der Waals surface area (Å²) in [6.07, 6.45) is 1.82. The maximum absolute atomic E-state index is 12.4. The molecule has 0 spiro atoms. The number of anilines is 1. The molecule has 0 radical (unpaired) electrons. The number of aromatic nitrogens is 1. The maximum atomic E-state index is 12.4. The molecule has 0 atom stereocenters. The number of nitrogens with one attached hydrogen (secondary N) is 1. The Kier molecular flexibility index (Phi) is 3.20. The van der Waals surface area contributed by atoms with Gasteiger partial charge in [0, 0.05) is 34.9 Å². The van der Waals surface area contributed by atoms with E-state index in [0.717, 1.165) is 16.6 Å². The van der Waals surface area contributed by atoms with E-state index in [1.54, 1.807) is 0 Å². The number of hydrogen-bond donors (Lipinski definition) is 1. The van der Waals surface area contributed by atoms with Gasteiger partial charge in [-0.3, -0.25) is 4.79 Å². The second-order valence-corrected chi connectivity index (χ2v) is 5.07. The van der Waals surface area contributed by atoms with Crippen LogP contribution in [-0.4, -0.2) is 10.5 Å². The first-order valence-corrected chi connectivity index (χ1v) is 6.64. The van der Waals surface area contributed by atoms with Crippen LogP contribution in [0.2, 0.25) is 5.02 Å². The van der Waals surface area contributed by atoms with Crippen LogP contribution in [0.1, 0.15) is 10.4 Å². The summed E-state index contributed by atoms with van der Waals surface area (Å²) in [6.45, 7) is 0. The molecule has 3 rings (SSSR count). The summed E-state index contributed by atoms with van der Waals surface area (Å²) in [6, 6.07) is 14.9. The average molecular weight is 285 g/mol. The van der Waals surface area contributed by atoms with Crippen LogP contribution in [0.5, 0.6) is 0 Å². The number of amides is 1. The second kappa shape index (κ2) is 5.02. The summed E-state index contributed by atoms with van der Waals surface area (Å²) >= 11 is 6.02. The Hall–Kier alpha value is -2.26. The van der Waals surface area contributed by atoms with E-state index in [9.17, 15) is 4.79 Å². The molecule has 2 aromatic carbocycles. The first-order chi connectivity index (χ1) is 9.65. The molecule has 1 N–H and O–H groups in total. The first kappa shape index (κ1) is 12.8. The third-order valence-corrected chi connectivity index (χ3v) is 3.46. The molecule has 0 aliphatic heterocycles. The highest BCUT2D eigenvalue weighted by atomic mass is 35.5. The van der Waals surface area contributed by atoms with Gasteiger partial charge in [-0.2, -0.15) is 0 Å². The molecule has 1 aromatic heterocycles. The number of para-hydroxylation sites is 1. The van der Waals surface area contributed by atoms with Crippen LogP contribution >= 0.6 is 11.6 Å². The van der Waals surface area contributed by atoms with Gasteiger partial charge in [0.15, 0.2) is 0 Å². The van der Waals surface area contributed by atoms with Gasteiger partial charge in [0.05, 0.1) is 5.56 Å². The number of fused-ring (bicyclic) bond motifs is 1. The fourth-order valence-electron chi connectivity index (χ4n) is 2.27. The number of hydrogen-bond acceptors (Lipinski definition) is 1. The lowest BCUT2D eigenvalue weighted by Gasteiger charge is -2.03. The minimum Gasteiger partial charge on any atom is -0.350 e. The lowest BCUT2D eigenvalue weighted by molar-refractivity contribution is 0.102. The van der Waals surface area contributed by atoms with Gasteiger partial charge in [-0.15, -0.1) is 0 Å². The zero-order valence-corrected chi connectivity index (χ0v) is 11.7. The highest BCUT2D eigenvalue weighted by Crippen LogP contribution is 2.25. The first-order valence-electron chi connectivity index (χ1n) is 6.26. The van der Waals surface area contributed by atoms with Crippen molar-refractivity contribution in [2.45, 2.75) is 0 Å². The second-order valence-electron chi connectivity index (χ2n) is 4.64. The monoisotopic (exact) mass is 284 g/mol. The fraction of sp³-hybridized carbons (Fsp3) is 0.0625. The van der Waals surface area contributed by atoms with E-state index in [1.807, 2.05) is 66.3 Å². The molecular weight excluding hydrogens is 272 g/mol. The van der Waals surface area contributed by atoms with Crippen LogP contribution in [0, 0.1) is 0 Å². The van der Waals surface area contributed by atoms with E-state index in [4.69, 9.17) is 11.6 Å². The van der Waals surface area contributed by atoms with Crippen LogP contribution < -0.4 is 5.32 Å². The van der Waals surface area contributed by atoms with Crippen molar-refractivity contribution in [3.8, 4) is 0 Å². The molecular formula is C16H13ClN2O. The summed E-state index contributed by atoms with van der Waals surface area (Å²) in [5, 5.41) is 4.37. The SMILES string of the molecule is Cn1cc(C(=O)Nc2ccccc2)c2cc(Cl)ccc21. The van der Waals surface area contributed by atoms with Crippen LogP contribution in [0.4, 0.5) is 5.69 Å². The summed E-state index contributed by atoms with van der Waals surface area (Å²) in [5.41, 5.74) is 2.37. The predicted octanol–water partition coefficient (Wildman–Crippen LogP) is 4.08. The largest absolute Gasteiger partial charge is 0.350 e. The minimum absolute atomic E-state index is 0.135. The lowest BCUT2D eigenvalue weighted by Crippen LogP contribution is -2.11. The van der Waals surface area contributed by atoms with Crippen LogP contribution in [0.15, 0.2) is 54.7 Å². The Balaban J connectivity index is 2.01. The predicted molar refractivity (Wildman–Crippen MR) is 82.3 cm³/mol. The zero-order chi connectivity index (χ0) is 14.1. The van der Waals surface area contributed by atoms with Crippen molar-refractivity contribution < 1.29 is 4.79 Å². The number of carbonyl (C=O) groups is 1. The van der Waals surface area contributed by atoms with E-state index >= 15 is 0 Å². The van der Waals surface area contributed by atoms with E-state index in [-0.39, 0.29) is 5.91 Å². The molecule has 0 saturated carbocycles. The molecule has 3 aromatic rings. The lowest BCUT2D eigenvalue weighted by atomic mass is 10.1. The molecule has 1 amide bonds. The highest BCUT2D eigenvalue weighted by molar-refractivity contribution is 6.31. The van der Waals surface area contributed by atoms with Crippen LogP contribution in [-0.2, 0) is 7.05 Å². The molecule has 3 nitrogen and oxygen atoms in total. The molecule has 0 fully saturated rings. The molecule has 0 bridgehead atoms. The van der Waals surface area contributed by atoms with Crippen molar-refractivity contribution in [2.24, 2.45) is 7.05 Å². The maximum Gasteiger partial charge on any atom is 0.257 e. The van der Waals surface area contributed by atoms with Gasteiger partial charge in [-0.1, -0.05) is 29.8 Å². The van der Waals surface area contributed by atoms with Crippen LogP contribution in [0.25, 0.3) is 10.9 Å². The van der Waals surface area contributed by atoms with Gasteiger partial charge in [0.2, 0.25) is 0 Å². The van der Waals surface area contributed by atoms with E-state index in [1.165, 1.54) is 0 Å². The van der Waals surface area contributed by atoms with E-state index < -0.39 is 0 Å². The summed E-state index contributed by atoms with van der Waals surface area (Å²) in [5.74, 6) is -0.135. The van der Waals surface area contributed by atoms with Crippen molar-refractivity contribution in [1.29, 1.82) is 0 Å². The summed E-state index contributed by atoms with van der Waals surface area (Å²) < 4.78 is 1.92. The Bertz CT molecular complexity index is 778. The third-order valence-electron chi connectivity index (χ3n) is 3.23. The molecule has 0 unspecified atom stereocenters. The van der Waals surface area contributed by atoms with Crippen molar-refractivity contribution in [2.75, 3.05) is 5.32 Å². The molecule has 4 heteroatoms. The quantitative estimate of drug-likeness (QED) is 0.756. The molecule has 0 aliphatic carbocycles. The smallest absolute Gasteiger partial charge is 0.257 e. The van der Waals surface area contributed by atoms with Gasteiger partial charge in [-0.25, -0.2) is 0 Å². The number of carbonyl (C=O) groups excluding carboxylic acids is 1. The van der Waals surface area contributed by atoms with Gasteiger partial charge >= 0.3 is 0 Å². The highest BCUT2D eigenvalue weighted by Gasteiger charge is 2.14. The van der Waals surface area contributed by atoms with Crippen molar-refractivity contribution in [3.63, 3.8) is 0 Å². The molecule has 100 valence electrons. The Morgan fingerprint density at radius 2 is 1.90 bits per heavy atom. The number of aryl methyl sites for hydroxylation is 1. The van der Waals surface area contributed by atoms with Gasteiger partial charge < -0.3 is 9.88 Å². The van der Waals surface area contributed by atoms with Gasteiger partial charge in [0.1, 0.15) is 0 Å². The summed E-state index contributed by atoms with van der Waals surface area (Å²) in [4.78, 5) is 12.4. The topological polar surface area (TPSA) is 34.0 Å². The summed E-state index contributed by atoms with van der Waals surface area (Å²) in [7, 11) is 1.91. The van der Waals surface area contributed by atoms with E-state index in [0.29, 0.717) is 10.6 Å². The Morgan fingerprint density at radius 1 is 1.15 bits per heavy atom. The molecule has 0 saturated heterocycles. The number of benzene rings is 2. The van der Waals surface area contributed by atoms with Gasteiger partial charge in [-0.05, 0) is 30.3 Å². The fourth-order valence-corrected chi connectivity index (χ4v) is 2.44. The molecule has 0 aliphatic rings. The Labute approximate surface area is 121 Å². The Morgan fingerprint density at radius 3 is 2.65 bits per heavy atom. The van der Waals surface area contributed by atoms with Crippen molar-refractivity contribution in [1.82, 2.24) is 4.57 Å². The van der Waals surface area contributed by atoms with Crippen molar-refractivity contribution in [3.05, 3.63) is 65.3 Å². The molecule has 1 heterocycles. The average Bonchev–Trinajstić information content (AvgIpc) is 2.77. The minimum atomic E-state index is -0.135. The zero-order valence-electron chi connectivity index (χ0n) is 10.9. The molecule has 20 heavy (non-hydrogen) atoms. The normalized spacial score (nSPS) is 10.7.